The molecular weight excluding hydrogens is 424 g/mol. The third-order valence-corrected chi connectivity index (χ3v) is 7.40. The molecule has 8 heteroatoms. The highest BCUT2D eigenvalue weighted by atomic mass is 35.5. The van der Waals surface area contributed by atoms with Crippen LogP contribution in [0.15, 0.2) is 52.3 Å². The summed E-state index contributed by atoms with van der Waals surface area (Å²) in [5.74, 6) is -0.0418. The summed E-state index contributed by atoms with van der Waals surface area (Å²) in [6, 6.07) is 10.1. The number of hydrogen-bond donors (Lipinski definition) is 2. The molecule has 0 atom stereocenters. The summed E-state index contributed by atoms with van der Waals surface area (Å²) in [6.45, 7) is 3.49. The van der Waals surface area contributed by atoms with E-state index in [1.165, 1.54) is 49.4 Å². The van der Waals surface area contributed by atoms with Crippen LogP contribution in [0.5, 0.6) is 0 Å². The Morgan fingerprint density at radius 3 is 2.23 bits per heavy atom. The van der Waals surface area contributed by atoms with Crippen molar-refractivity contribution in [3.8, 4) is 0 Å². The van der Waals surface area contributed by atoms with Crippen LogP contribution < -0.4 is 10.6 Å². The zero-order valence-corrected chi connectivity index (χ0v) is 18.5. The van der Waals surface area contributed by atoms with Crippen molar-refractivity contribution in [1.29, 1.82) is 0 Å². The molecule has 1 aliphatic rings. The fourth-order valence-electron chi connectivity index (χ4n) is 3.61. The number of benzene rings is 2. The number of sulfone groups is 1. The number of halogens is 1. The van der Waals surface area contributed by atoms with Gasteiger partial charge in [0.2, 0.25) is 15.7 Å². The molecule has 6 nitrogen and oxygen atoms in total. The van der Waals surface area contributed by atoms with E-state index in [0.29, 0.717) is 16.5 Å². The van der Waals surface area contributed by atoms with Gasteiger partial charge in [0, 0.05) is 23.6 Å². The number of hydrogen-bond acceptors (Lipinski definition) is 4. The van der Waals surface area contributed by atoms with Crippen LogP contribution in [0.2, 0.25) is 5.02 Å². The summed E-state index contributed by atoms with van der Waals surface area (Å²) in [4.78, 5) is 24.4. The van der Waals surface area contributed by atoms with E-state index in [9.17, 15) is 18.0 Å². The Kier molecular flexibility index (Phi) is 6.83. The fourth-order valence-corrected chi connectivity index (χ4v) is 5.13. The maximum absolute atomic E-state index is 13.1. The molecule has 1 saturated carbocycles. The normalized spacial score (nSPS) is 19.2. The van der Waals surface area contributed by atoms with Crippen molar-refractivity contribution in [2.45, 2.75) is 55.4 Å². The first-order valence-electron chi connectivity index (χ1n) is 9.90. The fraction of sp³-hybridized carbons (Fsp3) is 0.364. The number of rotatable bonds is 5. The number of nitrogens with one attached hydrogen (secondary N) is 2. The van der Waals surface area contributed by atoms with Crippen LogP contribution in [-0.4, -0.2) is 26.3 Å². The van der Waals surface area contributed by atoms with Gasteiger partial charge in [-0.05, 0) is 74.1 Å². The second-order valence-corrected chi connectivity index (χ2v) is 10.1. The standard InChI is InChI=1S/C22H25ClN2O4S/c1-14-3-8-18(9-4-14)25-22(27)16-5-12-21(20(13-16)24-15(2)26)30(28,29)19-10-6-17(23)7-11-19/h5-7,10-14,18H,3-4,8-9H2,1-2H3,(H,24,26)(H,25,27). The van der Waals surface area contributed by atoms with E-state index in [1.54, 1.807) is 0 Å². The van der Waals surface area contributed by atoms with Crippen molar-refractivity contribution >= 4 is 38.9 Å². The van der Waals surface area contributed by atoms with Gasteiger partial charge in [0.1, 0.15) is 0 Å². The third-order valence-electron chi connectivity index (χ3n) is 5.32. The third kappa shape index (κ3) is 5.21. The van der Waals surface area contributed by atoms with Crippen LogP contribution in [0.4, 0.5) is 5.69 Å². The molecule has 0 aromatic heterocycles. The average Bonchev–Trinajstić information content (AvgIpc) is 2.69. The number of amides is 2. The first-order chi connectivity index (χ1) is 14.2. The van der Waals surface area contributed by atoms with Crippen LogP contribution in [0, 0.1) is 5.92 Å². The maximum atomic E-state index is 13.1. The molecule has 1 aliphatic carbocycles. The van der Waals surface area contributed by atoms with E-state index in [1.807, 2.05) is 0 Å². The van der Waals surface area contributed by atoms with Crippen molar-refractivity contribution in [3.63, 3.8) is 0 Å². The van der Waals surface area contributed by atoms with Gasteiger partial charge in [-0.25, -0.2) is 8.42 Å². The Hall–Kier alpha value is -2.38. The molecule has 0 aliphatic heterocycles. The van der Waals surface area contributed by atoms with Crippen molar-refractivity contribution in [3.05, 3.63) is 53.1 Å². The quantitative estimate of drug-likeness (QED) is 0.707. The summed E-state index contributed by atoms with van der Waals surface area (Å²) in [7, 11) is -3.91. The van der Waals surface area contributed by atoms with E-state index in [0.717, 1.165) is 25.7 Å². The highest BCUT2D eigenvalue weighted by Gasteiger charge is 2.25. The van der Waals surface area contributed by atoms with Crippen molar-refractivity contribution < 1.29 is 18.0 Å². The lowest BCUT2D eigenvalue weighted by molar-refractivity contribution is -0.114. The van der Waals surface area contributed by atoms with Gasteiger partial charge in [-0.15, -0.1) is 0 Å². The molecule has 0 radical (unpaired) electrons. The Labute approximate surface area is 181 Å². The largest absolute Gasteiger partial charge is 0.349 e. The molecule has 0 heterocycles. The molecule has 0 saturated heterocycles. The summed E-state index contributed by atoms with van der Waals surface area (Å²) >= 11 is 5.86. The van der Waals surface area contributed by atoms with Gasteiger partial charge in [-0.1, -0.05) is 18.5 Å². The lowest BCUT2D eigenvalue weighted by atomic mass is 9.87. The molecular formula is C22H25ClN2O4S. The number of carbonyl (C=O) groups is 2. The maximum Gasteiger partial charge on any atom is 0.251 e. The monoisotopic (exact) mass is 448 g/mol. The molecule has 2 N–H and O–H groups in total. The molecule has 0 spiro atoms. The average molecular weight is 449 g/mol. The summed E-state index contributed by atoms with van der Waals surface area (Å²) < 4.78 is 26.2. The van der Waals surface area contributed by atoms with E-state index < -0.39 is 15.7 Å². The summed E-state index contributed by atoms with van der Waals surface area (Å²) in [6.07, 6.45) is 3.99. The first-order valence-corrected chi connectivity index (χ1v) is 11.8. The lowest BCUT2D eigenvalue weighted by Crippen LogP contribution is -2.37. The number of anilines is 1. The molecule has 160 valence electrons. The van der Waals surface area contributed by atoms with Gasteiger partial charge in [0.15, 0.2) is 0 Å². The van der Waals surface area contributed by atoms with E-state index in [-0.39, 0.29) is 27.4 Å². The minimum Gasteiger partial charge on any atom is -0.349 e. The predicted octanol–water partition coefficient (Wildman–Crippen LogP) is 4.44. The lowest BCUT2D eigenvalue weighted by Gasteiger charge is -2.27. The van der Waals surface area contributed by atoms with E-state index in [2.05, 4.69) is 17.6 Å². The van der Waals surface area contributed by atoms with Crippen LogP contribution in [0.1, 0.15) is 49.9 Å². The Morgan fingerprint density at radius 1 is 1.00 bits per heavy atom. The molecule has 2 aromatic rings. The SMILES string of the molecule is CC(=O)Nc1cc(C(=O)NC2CCC(C)CC2)ccc1S(=O)(=O)c1ccc(Cl)cc1. The minimum atomic E-state index is -3.91. The number of carbonyl (C=O) groups excluding carboxylic acids is 2. The topological polar surface area (TPSA) is 92.3 Å². The summed E-state index contributed by atoms with van der Waals surface area (Å²) in [5.41, 5.74) is 0.370. The van der Waals surface area contributed by atoms with Crippen molar-refractivity contribution in [2.75, 3.05) is 5.32 Å². The Balaban J connectivity index is 1.91. The zero-order chi connectivity index (χ0) is 21.9. The first kappa shape index (κ1) is 22.3. The predicted molar refractivity (Wildman–Crippen MR) is 117 cm³/mol. The molecule has 3 rings (SSSR count). The smallest absolute Gasteiger partial charge is 0.251 e. The van der Waals surface area contributed by atoms with Crippen molar-refractivity contribution in [1.82, 2.24) is 5.32 Å². The minimum absolute atomic E-state index is 0.0482. The zero-order valence-electron chi connectivity index (χ0n) is 16.9. The van der Waals surface area contributed by atoms with Crippen LogP contribution in [-0.2, 0) is 14.6 Å². The Bertz CT molecular complexity index is 1040. The highest BCUT2D eigenvalue weighted by molar-refractivity contribution is 7.91. The second-order valence-electron chi connectivity index (χ2n) is 7.78. The molecule has 0 bridgehead atoms. The Morgan fingerprint density at radius 2 is 1.63 bits per heavy atom. The second kappa shape index (κ2) is 9.18. The molecule has 30 heavy (non-hydrogen) atoms. The van der Waals surface area contributed by atoms with Crippen LogP contribution in [0.25, 0.3) is 0 Å². The van der Waals surface area contributed by atoms with Gasteiger partial charge in [0.05, 0.1) is 15.5 Å². The van der Waals surface area contributed by atoms with Gasteiger partial charge < -0.3 is 10.6 Å². The molecule has 1 fully saturated rings. The van der Waals surface area contributed by atoms with Gasteiger partial charge >= 0.3 is 0 Å². The van der Waals surface area contributed by atoms with Crippen molar-refractivity contribution in [2.24, 2.45) is 5.92 Å². The highest BCUT2D eigenvalue weighted by Crippen LogP contribution is 2.30. The van der Waals surface area contributed by atoms with Gasteiger partial charge in [-0.2, -0.15) is 0 Å². The molecule has 0 unspecified atom stereocenters. The summed E-state index contributed by atoms with van der Waals surface area (Å²) in [5, 5.41) is 5.97. The van der Waals surface area contributed by atoms with E-state index >= 15 is 0 Å². The molecule has 2 aromatic carbocycles. The van der Waals surface area contributed by atoms with E-state index in [4.69, 9.17) is 11.6 Å². The van der Waals surface area contributed by atoms with Crippen LogP contribution in [0.3, 0.4) is 0 Å². The molecule has 2 amide bonds. The van der Waals surface area contributed by atoms with Gasteiger partial charge in [-0.3, -0.25) is 9.59 Å². The van der Waals surface area contributed by atoms with Gasteiger partial charge in [0.25, 0.3) is 5.91 Å². The van der Waals surface area contributed by atoms with Crippen LogP contribution >= 0.6 is 11.6 Å².